The normalized spacial score (nSPS) is 19.8. The van der Waals surface area contributed by atoms with Crippen LogP contribution in [0.25, 0.3) is 0 Å². The lowest BCUT2D eigenvalue weighted by Crippen LogP contribution is -2.30. The van der Waals surface area contributed by atoms with Crippen LogP contribution in [0.1, 0.15) is 18.4 Å². The van der Waals surface area contributed by atoms with E-state index in [1.807, 2.05) is 12.1 Å². The van der Waals surface area contributed by atoms with Crippen LogP contribution in [0, 0.1) is 5.92 Å². The maximum atomic E-state index is 6.18. The van der Waals surface area contributed by atoms with E-state index < -0.39 is 0 Å². The standard InChI is InChI=1S/C14H21ClN2O/c1-17(9-11-3-2-6-18-10-11)13-5-4-12(8-16)14(15)7-13/h4-5,7,11H,2-3,6,8-10,16H2,1H3. The number of hydrogen-bond acceptors (Lipinski definition) is 3. The van der Waals surface area contributed by atoms with E-state index in [4.69, 9.17) is 22.1 Å². The van der Waals surface area contributed by atoms with Gasteiger partial charge in [-0.1, -0.05) is 17.7 Å². The lowest BCUT2D eigenvalue weighted by Gasteiger charge is -2.28. The van der Waals surface area contributed by atoms with Crippen molar-refractivity contribution in [1.82, 2.24) is 0 Å². The Morgan fingerprint density at radius 2 is 2.33 bits per heavy atom. The molecule has 0 radical (unpaired) electrons. The molecular weight excluding hydrogens is 248 g/mol. The Balaban J connectivity index is 1.99. The van der Waals surface area contributed by atoms with E-state index in [0.29, 0.717) is 12.5 Å². The van der Waals surface area contributed by atoms with Crippen LogP contribution >= 0.6 is 11.6 Å². The summed E-state index contributed by atoms with van der Waals surface area (Å²) in [5.41, 5.74) is 7.75. The lowest BCUT2D eigenvalue weighted by atomic mass is 10.0. The molecule has 4 heteroatoms. The van der Waals surface area contributed by atoms with Crippen LogP contribution in [0.15, 0.2) is 18.2 Å². The molecule has 0 spiro atoms. The second-order valence-electron chi connectivity index (χ2n) is 4.94. The Bertz CT molecular complexity index is 391. The number of benzene rings is 1. The minimum Gasteiger partial charge on any atom is -0.381 e. The molecule has 0 aromatic heterocycles. The lowest BCUT2D eigenvalue weighted by molar-refractivity contribution is 0.0576. The van der Waals surface area contributed by atoms with E-state index in [-0.39, 0.29) is 0 Å². The molecule has 100 valence electrons. The van der Waals surface area contributed by atoms with Gasteiger partial charge in [0.25, 0.3) is 0 Å². The second kappa shape index (κ2) is 6.41. The highest BCUT2D eigenvalue weighted by Crippen LogP contribution is 2.24. The summed E-state index contributed by atoms with van der Waals surface area (Å²) in [5.74, 6) is 0.622. The molecule has 0 aliphatic carbocycles. The number of halogens is 1. The number of ether oxygens (including phenoxy) is 1. The van der Waals surface area contributed by atoms with E-state index in [2.05, 4.69) is 18.0 Å². The number of nitrogens with two attached hydrogens (primary N) is 1. The Morgan fingerprint density at radius 3 is 2.94 bits per heavy atom. The van der Waals surface area contributed by atoms with Crippen molar-refractivity contribution in [2.75, 3.05) is 31.7 Å². The molecule has 0 bridgehead atoms. The first-order valence-electron chi connectivity index (χ1n) is 6.48. The molecule has 1 aromatic carbocycles. The van der Waals surface area contributed by atoms with E-state index in [9.17, 15) is 0 Å². The minimum absolute atomic E-state index is 0.485. The van der Waals surface area contributed by atoms with Crippen molar-refractivity contribution in [1.29, 1.82) is 0 Å². The van der Waals surface area contributed by atoms with Crippen molar-refractivity contribution < 1.29 is 4.74 Å². The van der Waals surface area contributed by atoms with Gasteiger partial charge in [-0.2, -0.15) is 0 Å². The molecule has 2 N–H and O–H groups in total. The summed E-state index contributed by atoms with van der Waals surface area (Å²) in [6.07, 6.45) is 2.42. The first-order valence-corrected chi connectivity index (χ1v) is 6.86. The van der Waals surface area contributed by atoms with Gasteiger partial charge in [-0.25, -0.2) is 0 Å². The van der Waals surface area contributed by atoms with Gasteiger partial charge in [-0.3, -0.25) is 0 Å². The monoisotopic (exact) mass is 268 g/mol. The van der Waals surface area contributed by atoms with Gasteiger partial charge in [0.2, 0.25) is 0 Å². The van der Waals surface area contributed by atoms with Gasteiger partial charge >= 0.3 is 0 Å². The summed E-state index contributed by atoms with van der Waals surface area (Å²) in [7, 11) is 2.10. The molecule has 1 unspecified atom stereocenters. The SMILES string of the molecule is CN(CC1CCCOC1)c1ccc(CN)c(Cl)c1. The van der Waals surface area contributed by atoms with E-state index in [1.54, 1.807) is 0 Å². The van der Waals surface area contributed by atoms with E-state index >= 15 is 0 Å². The Labute approximate surface area is 114 Å². The van der Waals surface area contributed by atoms with Crippen LogP contribution in [0.5, 0.6) is 0 Å². The Kier molecular flexibility index (Phi) is 4.87. The predicted octanol–water partition coefficient (Wildman–Crippen LogP) is 2.66. The van der Waals surface area contributed by atoms with Crippen LogP contribution < -0.4 is 10.6 Å². The molecule has 1 saturated heterocycles. The van der Waals surface area contributed by atoms with Crippen molar-refractivity contribution in [2.24, 2.45) is 11.7 Å². The summed E-state index contributed by atoms with van der Waals surface area (Å²) in [6, 6.07) is 6.08. The molecule has 1 heterocycles. The first-order chi connectivity index (χ1) is 8.70. The maximum Gasteiger partial charge on any atom is 0.0511 e. The quantitative estimate of drug-likeness (QED) is 0.912. The molecule has 0 amide bonds. The summed E-state index contributed by atoms with van der Waals surface area (Å²) >= 11 is 6.18. The molecule has 1 aliphatic rings. The molecule has 1 atom stereocenters. The maximum absolute atomic E-state index is 6.18. The van der Waals surface area contributed by atoms with Crippen LogP contribution in [-0.4, -0.2) is 26.8 Å². The number of anilines is 1. The molecule has 3 nitrogen and oxygen atoms in total. The highest BCUT2D eigenvalue weighted by Gasteiger charge is 2.16. The number of hydrogen-bond donors (Lipinski definition) is 1. The summed E-state index contributed by atoms with van der Waals surface area (Å²) in [5, 5.41) is 0.752. The minimum atomic E-state index is 0.485. The third-order valence-corrected chi connectivity index (χ3v) is 3.84. The highest BCUT2D eigenvalue weighted by molar-refractivity contribution is 6.31. The fourth-order valence-corrected chi connectivity index (χ4v) is 2.64. The highest BCUT2D eigenvalue weighted by atomic mass is 35.5. The van der Waals surface area contributed by atoms with Crippen LogP contribution in [0.3, 0.4) is 0 Å². The fourth-order valence-electron chi connectivity index (χ4n) is 2.38. The summed E-state index contributed by atoms with van der Waals surface area (Å²) in [6.45, 7) is 3.29. The third kappa shape index (κ3) is 3.37. The average Bonchev–Trinajstić information content (AvgIpc) is 2.39. The predicted molar refractivity (Wildman–Crippen MR) is 76.2 cm³/mol. The molecule has 0 saturated carbocycles. The van der Waals surface area contributed by atoms with Gasteiger partial charge < -0.3 is 15.4 Å². The zero-order chi connectivity index (χ0) is 13.0. The van der Waals surface area contributed by atoms with Crippen molar-refractivity contribution in [3.63, 3.8) is 0 Å². The molecular formula is C14H21ClN2O. The zero-order valence-corrected chi connectivity index (χ0v) is 11.6. The third-order valence-electron chi connectivity index (χ3n) is 3.48. The summed E-state index contributed by atoms with van der Waals surface area (Å²) < 4.78 is 5.51. The van der Waals surface area contributed by atoms with Gasteiger partial charge in [-0.15, -0.1) is 0 Å². The fraction of sp³-hybridized carbons (Fsp3) is 0.571. The molecule has 1 aliphatic heterocycles. The van der Waals surface area contributed by atoms with Crippen molar-refractivity contribution in [3.05, 3.63) is 28.8 Å². The molecule has 1 fully saturated rings. The van der Waals surface area contributed by atoms with Crippen LogP contribution in [0.4, 0.5) is 5.69 Å². The van der Waals surface area contributed by atoms with Crippen LogP contribution in [-0.2, 0) is 11.3 Å². The van der Waals surface area contributed by atoms with Gasteiger partial charge in [0.1, 0.15) is 0 Å². The van der Waals surface area contributed by atoms with Crippen molar-refractivity contribution >= 4 is 17.3 Å². The molecule has 2 rings (SSSR count). The molecule has 1 aromatic rings. The van der Waals surface area contributed by atoms with Gasteiger partial charge in [0.05, 0.1) is 6.61 Å². The Morgan fingerprint density at radius 1 is 1.50 bits per heavy atom. The number of rotatable bonds is 4. The van der Waals surface area contributed by atoms with Crippen molar-refractivity contribution in [2.45, 2.75) is 19.4 Å². The smallest absolute Gasteiger partial charge is 0.0511 e. The van der Waals surface area contributed by atoms with Gasteiger partial charge in [0, 0.05) is 37.5 Å². The van der Waals surface area contributed by atoms with Gasteiger partial charge in [0.15, 0.2) is 0 Å². The topological polar surface area (TPSA) is 38.5 Å². The van der Waals surface area contributed by atoms with Crippen molar-refractivity contribution in [3.8, 4) is 0 Å². The first kappa shape index (κ1) is 13.7. The number of nitrogens with zero attached hydrogens (tertiary/aromatic N) is 1. The molecule has 18 heavy (non-hydrogen) atoms. The van der Waals surface area contributed by atoms with Gasteiger partial charge in [-0.05, 0) is 36.5 Å². The largest absolute Gasteiger partial charge is 0.381 e. The zero-order valence-electron chi connectivity index (χ0n) is 10.9. The second-order valence-corrected chi connectivity index (χ2v) is 5.35. The van der Waals surface area contributed by atoms with E-state index in [1.165, 1.54) is 12.8 Å². The Hall–Kier alpha value is -0.770. The summed E-state index contributed by atoms with van der Waals surface area (Å²) in [4.78, 5) is 2.24. The van der Waals surface area contributed by atoms with Crippen LogP contribution in [0.2, 0.25) is 5.02 Å². The van der Waals surface area contributed by atoms with E-state index in [0.717, 1.165) is 36.0 Å². The average molecular weight is 269 g/mol.